The summed E-state index contributed by atoms with van der Waals surface area (Å²) in [5.74, 6) is 1.90. The minimum atomic E-state index is -0.297. The molecule has 128 valence electrons. The van der Waals surface area contributed by atoms with Crippen LogP contribution in [0.3, 0.4) is 0 Å². The molecule has 24 heavy (non-hydrogen) atoms. The number of amides is 2. The summed E-state index contributed by atoms with van der Waals surface area (Å²) in [5.41, 5.74) is 0.702. The summed E-state index contributed by atoms with van der Waals surface area (Å²) < 4.78 is 16.8. The van der Waals surface area contributed by atoms with Crippen molar-refractivity contribution >= 4 is 27.6 Å². The highest BCUT2D eigenvalue weighted by Gasteiger charge is 2.05. The summed E-state index contributed by atoms with van der Waals surface area (Å²) in [6, 6.07) is 12.4. The van der Waals surface area contributed by atoms with Crippen LogP contribution in [0.15, 0.2) is 46.9 Å². The smallest absolute Gasteiger partial charge is 0.319 e. The highest BCUT2D eigenvalue weighted by Crippen LogP contribution is 2.27. The number of benzene rings is 2. The number of hydrogen-bond donors (Lipinski definition) is 2. The minimum absolute atomic E-state index is 0.297. The van der Waals surface area contributed by atoms with Crippen molar-refractivity contribution in [1.82, 2.24) is 5.32 Å². The molecule has 0 atom stereocenters. The van der Waals surface area contributed by atoms with Crippen molar-refractivity contribution in [3.8, 4) is 17.2 Å². The molecule has 0 radical (unpaired) electrons. The summed E-state index contributed by atoms with van der Waals surface area (Å²) in [4.78, 5) is 11.8. The standard InChI is InChI=1S/C17H19BrN2O4/c1-22-12-9-13(23-2)11-14(10-12)24-8-7-19-17(21)20-16-6-4-3-5-15(16)18/h3-6,9-11H,7-8H2,1-2H3,(H2,19,20,21). The Bertz CT molecular complexity index is 672. The van der Waals surface area contributed by atoms with E-state index in [2.05, 4.69) is 26.6 Å². The van der Waals surface area contributed by atoms with E-state index in [4.69, 9.17) is 14.2 Å². The second-order valence-corrected chi connectivity index (χ2v) is 5.61. The Morgan fingerprint density at radius 2 is 1.67 bits per heavy atom. The number of halogens is 1. The number of rotatable bonds is 7. The Balaban J connectivity index is 1.78. The lowest BCUT2D eigenvalue weighted by atomic mass is 10.3. The lowest BCUT2D eigenvalue weighted by molar-refractivity contribution is 0.247. The third-order valence-electron chi connectivity index (χ3n) is 3.10. The number of methoxy groups -OCH3 is 2. The number of ether oxygens (including phenoxy) is 3. The Morgan fingerprint density at radius 3 is 2.29 bits per heavy atom. The molecule has 0 saturated carbocycles. The lowest BCUT2D eigenvalue weighted by Gasteiger charge is -2.11. The van der Waals surface area contributed by atoms with Gasteiger partial charge in [0.15, 0.2) is 0 Å². The van der Waals surface area contributed by atoms with Crippen LogP contribution in [0.4, 0.5) is 10.5 Å². The van der Waals surface area contributed by atoms with Gasteiger partial charge in [-0.1, -0.05) is 12.1 Å². The maximum Gasteiger partial charge on any atom is 0.319 e. The molecule has 0 aromatic heterocycles. The predicted molar refractivity (Wildman–Crippen MR) is 96.2 cm³/mol. The molecule has 2 amide bonds. The zero-order valence-electron chi connectivity index (χ0n) is 13.5. The number of para-hydroxylation sites is 1. The van der Waals surface area contributed by atoms with Gasteiger partial charge in [0.05, 0.1) is 26.5 Å². The van der Waals surface area contributed by atoms with Gasteiger partial charge < -0.3 is 24.8 Å². The van der Waals surface area contributed by atoms with Gasteiger partial charge >= 0.3 is 6.03 Å². The van der Waals surface area contributed by atoms with E-state index in [0.717, 1.165) is 4.47 Å². The normalized spacial score (nSPS) is 9.96. The second-order valence-electron chi connectivity index (χ2n) is 4.76. The third kappa shape index (κ3) is 5.34. The zero-order chi connectivity index (χ0) is 17.4. The van der Waals surface area contributed by atoms with E-state index in [1.54, 1.807) is 32.4 Å². The van der Waals surface area contributed by atoms with Crippen LogP contribution in [0.25, 0.3) is 0 Å². The van der Waals surface area contributed by atoms with Crippen molar-refractivity contribution in [3.63, 3.8) is 0 Å². The van der Waals surface area contributed by atoms with Gasteiger partial charge in [0.25, 0.3) is 0 Å². The molecule has 0 heterocycles. The molecule has 0 aliphatic rings. The molecule has 0 aliphatic heterocycles. The molecule has 2 aromatic rings. The van der Waals surface area contributed by atoms with E-state index < -0.39 is 0 Å². The number of carbonyl (C=O) groups excluding carboxylic acids is 1. The quantitative estimate of drug-likeness (QED) is 0.702. The molecule has 2 aromatic carbocycles. The largest absolute Gasteiger partial charge is 0.496 e. The van der Waals surface area contributed by atoms with Gasteiger partial charge in [0.2, 0.25) is 0 Å². The molecule has 0 aliphatic carbocycles. The summed E-state index contributed by atoms with van der Waals surface area (Å²) in [5, 5.41) is 5.48. The molecule has 0 spiro atoms. The molecule has 0 fully saturated rings. The Labute approximate surface area is 149 Å². The minimum Gasteiger partial charge on any atom is -0.496 e. The topological polar surface area (TPSA) is 68.8 Å². The van der Waals surface area contributed by atoms with E-state index in [-0.39, 0.29) is 6.03 Å². The van der Waals surface area contributed by atoms with Crippen LogP contribution in [-0.4, -0.2) is 33.4 Å². The number of carbonyl (C=O) groups is 1. The van der Waals surface area contributed by atoms with E-state index in [0.29, 0.717) is 36.1 Å². The van der Waals surface area contributed by atoms with E-state index in [1.165, 1.54) is 0 Å². The average molecular weight is 395 g/mol. The number of nitrogens with one attached hydrogen (secondary N) is 2. The van der Waals surface area contributed by atoms with Crippen molar-refractivity contribution < 1.29 is 19.0 Å². The van der Waals surface area contributed by atoms with Crippen LogP contribution in [-0.2, 0) is 0 Å². The van der Waals surface area contributed by atoms with Gasteiger partial charge in [0, 0.05) is 22.7 Å². The molecule has 7 heteroatoms. The van der Waals surface area contributed by atoms with Crippen LogP contribution < -0.4 is 24.8 Å². The fourth-order valence-corrected chi connectivity index (χ4v) is 2.31. The molecule has 0 saturated heterocycles. The van der Waals surface area contributed by atoms with Crippen LogP contribution in [0.1, 0.15) is 0 Å². The highest BCUT2D eigenvalue weighted by molar-refractivity contribution is 9.10. The monoisotopic (exact) mass is 394 g/mol. The summed E-state index contributed by atoms with van der Waals surface area (Å²) >= 11 is 3.37. The maximum atomic E-state index is 11.8. The van der Waals surface area contributed by atoms with Crippen molar-refractivity contribution in [2.45, 2.75) is 0 Å². The van der Waals surface area contributed by atoms with Gasteiger partial charge in [-0.15, -0.1) is 0 Å². The third-order valence-corrected chi connectivity index (χ3v) is 3.79. The Kier molecular flexibility index (Phi) is 6.74. The first-order valence-electron chi connectivity index (χ1n) is 7.27. The summed E-state index contributed by atoms with van der Waals surface area (Å²) in [7, 11) is 3.15. The van der Waals surface area contributed by atoms with Crippen LogP contribution in [0.2, 0.25) is 0 Å². The first kappa shape index (κ1) is 17.9. The first-order chi connectivity index (χ1) is 11.6. The fraction of sp³-hybridized carbons (Fsp3) is 0.235. The lowest BCUT2D eigenvalue weighted by Crippen LogP contribution is -2.32. The first-order valence-corrected chi connectivity index (χ1v) is 8.07. The zero-order valence-corrected chi connectivity index (χ0v) is 15.1. The average Bonchev–Trinajstić information content (AvgIpc) is 2.60. The second kappa shape index (κ2) is 9.02. The maximum absolute atomic E-state index is 11.8. The Hall–Kier alpha value is -2.41. The number of anilines is 1. The van der Waals surface area contributed by atoms with Crippen molar-refractivity contribution in [3.05, 3.63) is 46.9 Å². The van der Waals surface area contributed by atoms with Crippen molar-refractivity contribution in [1.29, 1.82) is 0 Å². The highest BCUT2D eigenvalue weighted by atomic mass is 79.9. The van der Waals surface area contributed by atoms with E-state index >= 15 is 0 Å². The Morgan fingerprint density at radius 1 is 1.04 bits per heavy atom. The molecular weight excluding hydrogens is 376 g/mol. The van der Waals surface area contributed by atoms with E-state index in [9.17, 15) is 4.79 Å². The molecule has 6 nitrogen and oxygen atoms in total. The van der Waals surface area contributed by atoms with Crippen molar-refractivity contribution in [2.24, 2.45) is 0 Å². The molecule has 0 unspecified atom stereocenters. The van der Waals surface area contributed by atoms with Gasteiger partial charge in [-0.25, -0.2) is 4.79 Å². The van der Waals surface area contributed by atoms with Gasteiger partial charge in [-0.2, -0.15) is 0 Å². The number of urea groups is 1. The van der Waals surface area contributed by atoms with Crippen LogP contribution in [0, 0.1) is 0 Å². The van der Waals surface area contributed by atoms with E-state index in [1.807, 2.05) is 24.3 Å². The van der Waals surface area contributed by atoms with Gasteiger partial charge in [-0.3, -0.25) is 0 Å². The predicted octanol–water partition coefficient (Wildman–Crippen LogP) is 3.67. The fourth-order valence-electron chi connectivity index (χ4n) is 1.93. The summed E-state index contributed by atoms with van der Waals surface area (Å²) in [6.45, 7) is 0.676. The number of hydrogen-bond acceptors (Lipinski definition) is 4. The molecule has 0 bridgehead atoms. The van der Waals surface area contributed by atoms with Gasteiger partial charge in [-0.05, 0) is 28.1 Å². The van der Waals surface area contributed by atoms with Crippen LogP contribution >= 0.6 is 15.9 Å². The van der Waals surface area contributed by atoms with Crippen LogP contribution in [0.5, 0.6) is 17.2 Å². The molecular formula is C17H19BrN2O4. The molecule has 2 N–H and O–H groups in total. The SMILES string of the molecule is COc1cc(OC)cc(OCCNC(=O)Nc2ccccc2Br)c1. The van der Waals surface area contributed by atoms with Gasteiger partial charge in [0.1, 0.15) is 23.9 Å². The summed E-state index contributed by atoms with van der Waals surface area (Å²) in [6.07, 6.45) is 0. The molecule has 2 rings (SSSR count). The van der Waals surface area contributed by atoms with Crippen molar-refractivity contribution in [2.75, 3.05) is 32.7 Å².